The van der Waals surface area contributed by atoms with Crippen LogP contribution in [0, 0.1) is 0 Å². The van der Waals surface area contributed by atoms with Gasteiger partial charge in [0, 0.05) is 24.3 Å². The van der Waals surface area contributed by atoms with Crippen molar-refractivity contribution in [2.75, 3.05) is 11.4 Å². The first-order valence-corrected chi connectivity index (χ1v) is 8.49. The fraction of sp³-hybridized carbons (Fsp3) is 0.400. The first-order valence-electron chi connectivity index (χ1n) is 7.23. The van der Waals surface area contributed by atoms with Gasteiger partial charge in [0.05, 0.1) is 16.8 Å². The summed E-state index contributed by atoms with van der Waals surface area (Å²) in [6, 6.07) is 3.31. The molecule has 1 saturated heterocycles. The van der Waals surface area contributed by atoms with E-state index < -0.39 is 0 Å². The molecule has 3 rings (SSSR count). The summed E-state index contributed by atoms with van der Waals surface area (Å²) in [5, 5.41) is 6.48. The monoisotopic (exact) mass is 336 g/mol. The van der Waals surface area contributed by atoms with Gasteiger partial charge in [-0.1, -0.05) is 11.6 Å². The first kappa shape index (κ1) is 15.2. The third kappa shape index (κ3) is 3.23. The minimum atomic E-state index is -0.152. The SMILES string of the molecule is C[C@H](NC(=O)C1CCCN1c1nccs1)c1ccc(Cl)cn1. The van der Waals surface area contributed by atoms with E-state index >= 15 is 0 Å². The third-order valence-electron chi connectivity index (χ3n) is 3.77. The van der Waals surface area contributed by atoms with Crippen molar-refractivity contribution in [3.63, 3.8) is 0 Å². The van der Waals surface area contributed by atoms with Crippen molar-refractivity contribution in [2.45, 2.75) is 31.8 Å². The zero-order valence-corrected chi connectivity index (χ0v) is 13.8. The number of carbonyl (C=O) groups is 1. The number of carbonyl (C=O) groups excluding carboxylic acids is 1. The molecule has 0 saturated carbocycles. The molecule has 7 heteroatoms. The predicted octanol–water partition coefficient (Wildman–Crippen LogP) is 3.04. The molecule has 0 aromatic carbocycles. The maximum Gasteiger partial charge on any atom is 0.243 e. The fourth-order valence-electron chi connectivity index (χ4n) is 2.65. The number of nitrogens with one attached hydrogen (secondary N) is 1. The van der Waals surface area contributed by atoms with Gasteiger partial charge in [-0.3, -0.25) is 9.78 Å². The number of aromatic nitrogens is 2. The normalized spacial score (nSPS) is 19.2. The molecule has 2 aromatic rings. The van der Waals surface area contributed by atoms with Crippen LogP contribution >= 0.6 is 22.9 Å². The van der Waals surface area contributed by atoms with Crippen LogP contribution in [0.2, 0.25) is 5.02 Å². The number of nitrogens with zero attached hydrogens (tertiary/aromatic N) is 3. The smallest absolute Gasteiger partial charge is 0.243 e. The summed E-state index contributed by atoms with van der Waals surface area (Å²) in [6.45, 7) is 2.80. The third-order valence-corrected chi connectivity index (χ3v) is 4.81. The molecule has 1 unspecified atom stereocenters. The van der Waals surface area contributed by atoms with E-state index in [0.717, 1.165) is 30.2 Å². The average molecular weight is 337 g/mol. The quantitative estimate of drug-likeness (QED) is 0.932. The van der Waals surface area contributed by atoms with Crippen molar-refractivity contribution >= 4 is 34.0 Å². The maximum absolute atomic E-state index is 12.6. The second-order valence-electron chi connectivity index (χ2n) is 5.30. The fourth-order valence-corrected chi connectivity index (χ4v) is 3.48. The average Bonchev–Trinajstić information content (AvgIpc) is 3.18. The van der Waals surface area contributed by atoms with Crippen LogP contribution in [0.1, 0.15) is 31.5 Å². The lowest BCUT2D eigenvalue weighted by atomic mass is 10.1. The van der Waals surface area contributed by atoms with Gasteiger partial charge in [0.15, 0.2) is 5.13 Å². The van der Waals surface area contributed by atoms with Gasteiger partial charge in [-0.05, 0) is 31.9 Å². The van der Waals surface area contributed by atoms with Crippen molar-refractivity contribution in [1.29, 1.82) is 0 Å². The van der Waals surface area contributed by atoms with Crippen LogP contribution in [-0.4, -0.2) is 28.5 Å². The van der Waals surface area contributed by atoms with Crippen molar-refractivity contribution < 1.29 is 4.79 Å². The molecular formula is C15H17ClN4OS. The van der Waals surface area contributed by atoms with Crippen LogP contribution in [0.5, 0.6) is 0 Å². The second kappa shape index (κ2) is 6.62. The van der Waals surface area contributed by atoms with Crippen molar-refractivity contribution in [3.8, 4) is 0 Å². The van der Waals surface area contributed by atoms with Gasteiger partial charge in [0.1, 0.15) is 6.04 Å². The molecule has 1 aliphatic rings. The van der Waals surface area contributed by atoms with E-state index in [1.54, 1.807) is 29.8 Å². The number of hydrogen-bond acceptors (Lipinski definition) is 5. The van der Waals surface area contributed by atoms with Crippen molar-refractivity contribution in [3.05, 3.63) is 40.6 Å². The topological polar surface area (TPSA) is 58.1 Å². The van der Waals surface area contributed by atoms with Crippen LogP contribution in [0.3, 0.4) is 0 Å². The Bertz CT molecular complexity index is 632. The summed E-state index contributed by atoms with van der Waals surface area (Å²) >= 11 is 7.41. The highest BCUT2D eigenvalue weighted by Crippen LogP contribution is 2.27. The Labute approximate surface area is 138 Å². The van der Waals surface area contributed by atoms with Crippen molar-refractivity contribution in [2.24, 2.45) is 0 Å². The maximum atomic E-state index is 12.6. The highest BCUT2D eigenvalue weighted by molar-refractivity contribution is 7.13. The zero-order valence-electron chi connectivity index (χ0n) is 12.2. The van der Waals surface area contributed by atoms with Gasteiger partial charge in [0.2, 0.25) is 5.91 Å². The summed E-state index contributed by atoms with van der Waals surface area (Å²) in [5.74, 6) is 0.0250. The van der Waals surface area contributed by atoms with E-state index in [9.17, 15) is 4.79 Å². The zero-order chi connectivity index (χ0) is 15.5. The Kier molecular flexibility index (Phi) is 4.59. The highest BCUT2D eigenvalue weighted by atomic mass is 35.5. The van der Waals surface area contributed by atoms with Crippen LogP contribution in [-0.2, 0) is 4.79 Å². The number of amides is 1. The Balaban J connectivity index is 1.67. The molecule has 0 bridgehead atoms. The van der Waals surface area contributed by atoms with E-state index in [1.165, 1.54) is 0 Å². The standard InChI is InChI=1S/C15H17ClN4OS/c1-10(12-5-4-11(16)9-18-12)19-14(21)13-3-2-7-20(13)15-17-6-8-22-15/h4-6,8-10,13H,2-3,7H2,1H3,(H,19,21)/t10-,13?/m0/s1. The van der Waals surface area contributed by atoms with Gasteiger partial charge in [-0.15, -0.1) is 11.3 Å². The molecule has 0 radical (unpaired) electrons. The molecule has 0 spiro atoms. The van der Waals surface area contributed by atoms with Crippen LogP contribution in [0.25, 0.3) is 0 Å². The van der Waals surface area contributed by atoms with E-state index in [0.29, 0.717) is 5.02 Å². The summed E-state index contributed by atoms with van der Waals surface area (Å²) in [6.07, 6.45) is 5.22. The molecule has 2 aromatic heterocycles. The number of rotatable bonds is 4. The number of thiazole rings is 1. The summed E-state index contributed by atoms with van der Waals surface area (Å²) in [5.41, 5.74) is 0.802. The van der Waals surface area contributed by atoms with Gasteiger partial charge in [0.25, 0.3) is 0 Å². The van der Waals surface area contributed by atoms with Gasteiger partial charge in [-0.2, -0.15) is 0 Å². The molecule has 0 aliphatic carbocycles. The van der Waals surface area contributed by atoms with Crippen LogP contribution in [0.15, 0.2) is 29.9 Å². The number of halogens is 1. The predicted molar refractivity (Wildman–Crippen MR) is 88.3 cm³/mol. The van der Waals surface area contributed by atoms with Crippen LogP contribution < -0.4 is 10.2 Å². The Morgan fingerprint density at radius 2 is 2.36 bits per heavy atom. The molecule has 116 valence electrons. The Morgan fingerprint density at radius 1 is 1.50 bits per heavy atom. The minimum absolute atomic E-state index is 0.0250. The van der Waals surface area contributed by atoms with Gasteiger partial charge in [-0.25, -0.2) is 4.98 Å². The Hall–Kier alpha value is -1.66. The molecule has 1 N–H and O–H groups in total. The largest absolute Gasteiger partial charge is 0.346 e. The van der Waals surface area contributed by atoms with E-state index in [1.807, 2.05) is 18.4 Å². The number of hydrogen-bond donors (Lipinski definition) is 1. The molecule has 2 atom stereocenters. The molecule has 22 heavy (non-hydrogen) atoms. The summed E-state index contributed by atoms with van der Waals surface area (Å²) in [4.78, 5) is 23.2. The lowest BCUT2D eigenvalue weighted by molar-refractivity contribution is -0.122. The second-order valence-corrected chi connectivity index (χ2v) is 6.61. The number of anilines is 1. The molecule has 5 nitrogen and oxygen atoms in total. The molecule has 1 aliphatic heterocycles. The Morgan fingerprint density at radius 3 is 3.05 bits per heavy atom. The summed E-state index contributed by atoms with van der Waals surface area (Å²) in [7, 11) is 0. The molecule has 1 fully saturated rings. The summed E-state index contributed by atoms with van der Waals surface area (Å²) < 4.78 is 0. The number of pyridine rings is 1. The van der Waals surface area contributed by atoms with E-state index in [4.69, 9.17) is 11.6 Å². The van der Waals surface area contributed by atoms with Crippen molar-refractivity contribution in [1.82, 2.24) is 15.3 Å². The molecule has 1 amide bonds. The van der Waals surface area contributed by atoms with Gasteiger partial charge < -0.3 is 10.2 Å². The first-order chi connectivity index (χ1) is 10.6. The lowest BCUT2D eigenvalue weighted by Crippen LogP contribution is -2.44. The molecular weight excluding hydrogens is 320 g/mol. The van der Waals surface area contributed by atoms with E-state index in [-0.39, 0.29) is 18.0 Å². The lowest BCUT2D eigenvalue weighted by Gasteiger charge is -2.24. The molecule has 3 heterocycles. The minimum Gasteiger partial charge on any atom is -0.346 e. The highest BCUT2D eigenvalue weighted by Gasteiger charge is 2.32. The van der Waals surface area contributed by atoms with Crippen LogP contribution in [0.4, 0.5) is 5.13 Å². The van der Waals surface area contributed by atoms with E-state index in [2.05, 4.69) is 20.2 Å². The van der Waals surface area contributed by atoms with Gasteiger partial charge >= 0.3 is 0 Å².